The molecule has 0 bridgehead atoms. The summed E-state index contributed by atoms with van der Waals surface area (Å²) in [6, 6.07) is 1.54. The summed E-state index contributed by atoms with van der Waals surface area (Å²) in [4.78, 5) is 14.9. The molecule has 2 aromatic rings. The highest BCUT2D eigenvalue weighted by atomic mass is 19.1. The van der Waals surface area contributed by atoms with Crippen molar-refractivity contribution >= 4 is 5.97 Å². The number of nitrogens with zero attached hydrogens (tertiary/aromatic N) is 3. The molecule has 0 unspecified atom stereocenters. The Bertz CT molecular complexity index is 645. The normalized spacial score (nSPS) is 10.8. The van der Waals surface area contributed by atoms with Gasteiger partial charge in [-0.3, -0.25) is 0 Å². The SMILES string of the molecule is CCc1nc(CC)n(-c2c(F)cc(C(=O)O)cc2F)n1. The lowest BCUT2D eigenvalue weighted by molar-refractivity contribution is 0.0695. The number of carboxylic acids is 1. The second kappa shape index (κ2) is 5.36. The molecule has 7 heteroatoms. The molecule has 0 aliphatic rings. The van der Waals surface area contributed by atoms with E-state index < -0.39 is 28.9 Å². The van der Waals surface area contributed by atoms with Crippen molar-refractivity contribution in [3.63, 3.8) is 0 Å². The van der Waals surface area contributed by atoms with Gasteiger partial charge in [0.05, 0.1) is 5.56 Å². The Kier molecular flexibility index (Phi) is 3.78. The Hall–Kier alpha value is -2.31. The van der Waals surface area contributed by atoms with Crippen LogP contribution in [0.4, 0.5) is 8.78 Å². The molecule has 0 aliphatic carbocycles. The number of aryl methyl sites for hydroxylation is 2. The van der Waals surface area contributed by atoms with Gasteiger partial charge in [-0.25, -0.2) is 23.2 Å². The zero-order valence-corrected chi connectivity index (χ0v) is 11.0. The zero-order chi connectivity index (χ0) is 14.9. The van der Waals surface area contributed by atoms with Gasteiger partial charge in [-0.15, -0.1) is 0 Å². The summed E-state index contributed by atoms with van der Waals surface area (Å²) in [5, 5.41) is 12.8. The average molecular weight is 281 g/mol. The monoisotopic (exact) mass is 281 g/mol. The molecule has 0 aliphatic heterocycles. The van der Waals surface area contributed by atoms with Gasteiger partial charge in [0, 0.05) is 12.8 Å². The molecule has 0 saturated heterocycles. The van der Waals surface area contributed by atoms with E-state index in [1.807, 2.05) is 6.92 Å². The van der Waals surface area contributed by atoms with Crippen LogP contribution in [0.15, 0.2) is 12.1 Å². The van der Waals surface area contributed by atoms with E-state index in [9.17, 15) is 13.6 Å². The number of carbonyl (C=O) groups is 1. The number of aromatic carboxylic acids is 1. The van der Waals surface area contributed by atoms with Gasteiger partial charge in [0.1, 0.15) is 11.5 Å². The molecule has 1 aromatic heterocycles. The lowest BCUT2D eigenvalue weighted by atomic mass is 10.2. The van der Waals surface area contributed by atoms with Crippen LogP contribution in [0, 0.1) is 11.6 Å². The van der Waals surface area contributed by atoms with Crippen molar-refractivity contribution < 1.29 is 18.7 Å². The summed E-state index contributed by atoms with van der Waals surface area (Å²) in [6.07, 6.45) is 0.989. The fraction of sp³-hybridized carbons (Fsp3) is 0.308. The number of carboxylic acid groups (broad SMARTS) is 1. The van der Waals surface area contributed by atoms with Crippen molar-refractivity contribution in [3.05, 3.63) is 41.0 Å². The van der Waals surface area contributed by atoms with Gasteiger partial charge in [-0.1, -0.05) is 13.8 Å². The first-order valence-corrected chi connectivity index (χ1v) is 6.15. The topological polar surface area (TPSA) is 68.0 Å². The quantitative estimate of drug-likeness (QED) is 0.934. The number of rotatable bonds is 4. The molecule has 1 heterocycles. The lowest BCUT2D eigenvalue weighted by Crippen LogP contribution is -2.09. The Morgan fingerprint density at radius 1 is 1.25 bits per heavy atom. The number of halogens is 2. The number of aromatic nitrogens is 3. The van der Waals surface area contributed by atoms with E-state index in [0.717, 1.165) is 16.8 Å². The van der Waals surface area contributed by atoms with Crippen molar-refractivity contribution in [1.29, 1.82) is 0 Å². The van der Waals surface area contributed by atoms with Crippen LogP contribution in [0.25, 0.3) is 5.69 Å². The van der Waals surface area contributed by atoms with Gasteiger partial charge >= 0.3 is 5.97 Å². The molecule has 1 aromatic carbocycles. The first-order valence-electron chi connectivity index (χ1n) is 6.15. The highest BCUT2D eigenvalue weighted by molar-refractivity contribution is 5.87. The first-order chi connectivity index (χ1) is 9.47. The molecule has 0 spiro atoms. The van der Waals surface area contributed by atoms with Crippen molar-refractivity contribution in [3.8, 4) is 5.69 Å². The maximum Gasteiger partial charge on any atom is 0.335 e. The molecule has 0 amide bonds. The highest BCUT2D eigenvalue weighted by Gasteiger charge is 2.20. The molecular formula is C13H13F2N3O2. The van der Waals surface area contributed by atoms with Gasteiger partial charge in [-0.2, -0.15) is 5.10 Å². The lowest BCUT2D eigenvalue weighted by Gasteiger charge is -2.08. The number of hydrogen-bond acceptors (Lipinski definition) is 3. The van der Waals surface area contributed by atoms with Crippen LogP contribution < -0.4 is 0 Å². The molecule has 20 heavy (non-hydrogen) atoms. The summed E-state index contributed by atoms with van der Waals surface area (Å²) < 4.78 is 29.1. The zero-order valence-electron chi connectivity index (χ0n) is 11.0. The minimum Gasteiger partial charge on any atom is -0.478 e. The predicted molar refractivity (Wildman–Crippen MR) is 67.0 cm³/mol. The van der Waals surface area contributed by atoms with E-state index in [1.54, 1.807) is 6.92 Å². The molecular weight excluding hydrogens is 268 g/mol. The Labute approximate surface area is 113 Å². The van der Waals surface area contributed by atoms with Crippen molar-refractivity contribution in [2.45, 2.75) is 26.7 Å². The van der Waals surface area contributed by atoms with Crippen molar-refractivity contribution in [2.75, 3.05) is 0 Å². The minimum atomic E-state index is -1.39. The van der Waals surface area contributed by atoms with E-state index in [4.69, 9.17) is 5.11 Å². The average Bonchev–Trinajstić information content (AvgIpc) is 2.81. The number of benzene rings is 1. The summed E-state index contributed by atoms with van der Waals surface area (Å²) in [5.74, 6) is -2.46. The summed E-state index contributed by atoms with van der Waals surface area (Å²) in [5.41, 5.74) is -0.850. The molecule has 5 nitrogen and oxygen atoms in total. The molecule has 106 valence electrons. The van der Waals surface area contributed by atoms with Crippen LogP contribution in [-0.4, -0.2) is 25.8 Å². The number of hydrogen-bond donors (Lipinski definition) is 1. The third kappa shape index (κ3) is 2.38. The standard InChI is InChI=1S/C13H13F2N3O2/c1-3-10-16-11(4-2)18(17-10)12-8(14)5-7(13(19)20)6-9(12)15/h5-6H,3-4H2,1-2H3,(H,19,20). The van der Waals surface area contributed by atoms with Crippen LogP contribution >= 0.6 is 0 Å². The molecule has 0 fully saturated rings. The smallest absolute Gasteiger partial charge is 0.335 e. The van der Waals surface area contributed by atoms with Gasteiger partial charge in [0.15, 0.2) is 17.5 Å². The van der Waals surface area contributed by atoms with E-state index >= 15 is 0 Å². The van der Waals surface area contributed by atoms with Gasteiger partial charge in [-0.05, 0) is 12.1 Å². The second-order valence-electron chi connectivity index (χ2n) is 4.16. The first kappa shape index (κ1) is 14.1. The van der Waals surface area contributed by atoms with E-state index in [0.29, 0.717) is 24.5 Å². The minimum absolute atomic E-state index is 0.404. The predicted octanol–water partition coefficient (Wildman–Crippen LogP) is 2.37. The largest absolute Gasteiger partial charge is 0.478 e. The Morgan fingerprint density at radius 3 is 2.30 bits per heavy atom. The second-order valence-corrected chi connectivity index (χ2v) is 4.16. The molecule has 0 saturated carbocycles. The Morgan fingerprint density at radius 2 is 1.85 bits per heavy atom. The summed E-state index contributed by atoms with van der Waals surface area (Å²) >= 11 is 0. The van der Waals surface area contributed by atoms with Gasteiger partial charge < -0.3 is 5.11 Å². The third-order valence-corrected chi connectivity index (χ3v) is 2.83. The maximum absolute atomic E-state index is 14.0. The maximum atomic E-state index is 14.0. The van der Waals surface area contributed by atoms with E-state index in [-0.39, 0.29) is 0 Å². The fourth-order valence-electron chi connectivity index (χ4n) is 1.84. The molecule has 0 atom stereocenters. The van der Waals surface area contributed by atoms with Gasteiger partial charge in [0.25, 0.3) is 0 Å². The van der Waals surface area contributed by atoms with Gasteiger partial charge in [0.2, 0.25) is 0 Å². The molecule has 0 radical (unpaired) electrons. The Balaban J connectivity index is 2.63. The van der Waals surface area contributed by atoms with Crippen molar-refractivity contribution in [1.82, 2.24) is 14.8 Å². The van der Waals surface area contributed by atoms with E-state index in [2.05, 4.69) is 10.1 Å². The summed E-state index contributed by atoms with van der Waals surface area (Å²) in [7, 11) is 0. The van der Waals surface area contributed by atoms with Crippen LogP contribution in [0.5, 0.6) is 0 Å². The fourth-order valence-corrected chi connectivity index (χ4v) is 1.84. The third-order valence-electron chi connectivity index (χ3n) is 2.83. The molecule has 1 N–H and O–H groups in total. The van der Waals surface area contributed by atoms with E-state index in [1.165, 1.54) is 0 Å². The van der Waals surface area contributed by atoms with Crippen LogP contribution in [-0.2, 0) is 12.8 Å². The van der Waals surface area contributed by atoms with Crippen LogP contribution in [0.2, 0.25) is 0 Å². The summed E-state index contributed by atoms with van der Waals surface area (Å²) in [6.45, 7) is 3.63. The van der Waals surface area contributed by atoms with Crippen LogP contribution in [0.3, 0.4) is 0 Å². The van der Waals surface area contributed by atoms with Crippen molar-refractivity contribution in [2.24, 2.45) is 0 Å². The highest BCUT2D eigenvalue weighted by Crippen LogP contribution is 2.21. The van der Waals surface area contributed by atoms with Crippen LogP contribution in [0.1, 0.15) is 35.9 Å². The molecule has 2 rings (SSSR count).